The van der Waals surface area contributed by atoms with Crippen molar-refractivity contribution < 1.29 is 60.6 Å². The molecule has 248 valence electrons. The summed E-state index contributed by atoms with van der Waals surface area (Å²) in [5.41, 5.74) is 9.76. The van der Waals surface area contributed by atoms with E-state index < -0.39 is 89.3 Å². The molecule has 0 spiro atoms. The van der Waals surface area contributed by atoms with Crippen molar-refractivity contribution in [1.29, 1.82) is 0 Å². The number of fused-ring (bicyclic) bond motifs is 5. The zero-order valence-electron chi connectivity index (χ0n) is 22.6. The molecule has 3 saturated heterocycles. The summed E-state index contributed by atoms with van der Waals surface area (Å²) in [5.74, 6) is -0.681. The standard InChI is InChI=1S/C20H22F2N10O12P2/c21-6-10-5(41-16(6)31-2-25-7-12(23)27-19(22)28-13(7)31)1-40-46(37,38)44-11-9(33)18(39-4-45(35,36)43-10)42-17(11)32-3-26-8-14(32)29-20(24)30-15(8)34/h2-3,5-6,9-11,16-18,33H,1,4H2,(H,35,36)(H,37,38)(H2,23,27,28)(H3,24,29,30,34)/t5-,6+,9-,10+,11+,16-,17-,18+/m1/s1. The Kier molecular flexibility index (Phi) is 7.45. The van der Waals surface area contributed by atoms with Gasteiger partial charge >= 0.3 is 21.5 Å². The van der Waals surface area contributed by atoms with Crippen LogP contribution in [0.2, 0.25) is 0 Å². The highest BCUT2D eigenvalue weighted by molar-refractivity contribution is 7.52. The van der Waals surface area contributed by atoms with Crippen LogP contribution in [0.4, 0.5) is 20.5 Å². The molecule has 0 saturated carbocycles. The zero-order valence-corrected chi connectivity index (χ0v) is 24.4. The van der Waals surface area contributed by atoms with Crippen molar-refractivity contribution in [3.05, 3.63) is 29.1 Å². The highest BCUT2D eigenvalue weighted by Crippen LogP contribution is 2.53. The fourth-order valence-electron chi connectivity index (χ4n) is 5.24. The number of hydrogen-bond donors (Lipinski definition) is 6. The van der Waals surface area contributed by atoms with Gasteiger partial charge in [0.1, 0.15) is 24.4 Å². The molecule has 2 unspecified atom stereocenters. The van der Waals surface area contributed by atoms with Crippen molar-refractivity contribution in [2.24, 2.45) is 0 Å². The van der Waals surface area contributed by atoms with Crippen LogP contribution < -0.4 is 17.0 Å². The number of ether oxygens (including phenoxy) is 3. The first-order valence-electron chi connectivity index (χ1n) is 13.0. The third kappa shape index (κ3) is 5.36. The van der Waals surface area contributed by atoms with Crippen LogP contribution in [0.3, 0.4) is 0 Å². The summed E-state index contributed by atoms with van der Waals surface area (Å²) in [6.45, 7) is -0.979. The normalized spacial score (nSPS) is 37.2. The lowest BCUT2D eigenvalue weighted by Gasteiger charge is -2.25. The van der Waals surface area contributed by atoms with Gasteiger partial charge < -0.3 is 40.6 Å². The van der Waals surface area contributed by atoms with Gasteiger partial charge in [-0.1, -0.05) is 0 Å². The summed E-state index contributed by atoms with van der Waals surface area (Å²) < 4.78 is 90.1. The molecule has 0 radical (unpaired) electrons. The summed E-state index contributed by atoms with van der Waals surface area (Å²) >= 11 is 0. The number of phosphoric ester groups is 1. The number of imidazole rings is 2. The van der Waals surface area contributed by atoms with Gasteiger partial charge in [-0.25, -0.2) is 18.9 Å². The molecule has 3 aliphatic rings. The van der Waals surface area contributed by atoms with E-state index in [9.17, 15) is 33.2 Å². The summed E-state index contributed by atoms with van der Waals surface area (Å²) in [6, 6.07) is 0. The van der Waals surface area contributed by atoms with Gasteiger partial charge in [0.15, 0.2) is 59.4 Å². The van der Waals surface area contributed by atoms with Gasteiger partial charge in [0.25, 0.3) is 5.56 Å². The van der Waals surface area contributed by atoms with Crippen molar-refractivity contribution in [3.63, 3.8) is 0 Å². The Morgan fingerprint density at radius 2 is 1.67 bits per heavy atom. The first-order chi connectivity index (χ1) is 21.7. The SMILES string of the molecule is Nc1nc2c(ncn2[C@@H]2O[C@@H]3OCP(=O)(O)O[C@@H]4[C@H](F)[C@H](n5cnc6c(N)nc(F)nc65)O[C@@H]4COP(=O)(O)O[C@H]2[C@H]3O)c(=O)[nH]1. The molecule has 0 aliphatic carbocycles. The summed E-state index contributed by atoms with van der Waals surface area (Å²) in [7, 11) is -10.2. The van der Waals surface area contributed by atoms with Gasteiger partial charge in [-0.15, -0.1) is 0 Å². The number of alkyl halides is 1. The van der Waals surface area contributed by atoms with Crippen LogP contribution in [0, 0.1) is 6.08 Å². The van der Waals surface area contributed by atoms with E-state index in [1.807, 2.05) is 0 Å². The largest absolute Gasteiger partial charge is 0.472 e. The van der Waals surface area contributed by atoms with E-state index in [1.54, 1.807) is 0 Å². The van der Waals surface area contributed by atoms with Gasteiger partial charge in [0, 0.05) is 0 Å². The number of aliphatic hydroxyl groups excluding tert-OH is 1. The number of aromatic nitrogens is 8. The van der Waals surface area contributed by atoms with Gasteiger partial charge in [0.05, 0.1) is 19.3 Å². The van der Waals surface area contributed by atoms with E-state index >= 15 is 4.39 Å². The van der Waals surface area contributed by atoms with Crippen molar-refractivity contribution in [2.45, 2.75) is 49.3 Å². The van der Waals surface area contributed by atoms with Crippen LogP contribution in [0.25, 0.3) is 22.3 Å². The monoisotopic (exact) mass is 694 g/mol. The van der Waals surface area contributed by atoms with E-state index in [0.29, 0.717) is 0 Å². The number of anilines is 2. The third-order valence-electron chi connectivity index (χ3n) is 7.20. The molecular formula is C20H22F2N10O12P2. The maximum atomic E-state index is 15.9. The number of nitrogens with zero attached hydrogens (tertiary/aromatic N) is 7. The summed E-state index contributed by atoms with van der Waals surface area (Å²) in [5, 5.41) is 10.9. The third-order valence-corrected chi connectivity index (χ3v) is 9.24. The van der Waals surface area contributed by atoms with Crippen molar-refractivity contribution in [2.75, 3.05) is 24.4 Å². The average molecular weight is 694 g/mol. The quantitative estimate of drug-likeness (QED) is 0.106. The smallest absolute Gasteiger partial charge is 0.385 e. The molecule has 2 bridgehead atoms. The molecule has 10 atom stereocenters. The van der Waals surface area contributed by atoms with Gasteiger partial charge in [-0.2, -0.15) is 19.3 Å². The minimum atomic E-state index is -5.23. The van der Waals surface area contributed by atoms with Crippen LogP contribution in [-0.4, -0.2) is 104 Å². The molecule has 3 fully saturated rings. The molecule has 7 rings (SSSR count). The van der Waals surface area contributed by atoms with Crippen LogP contribution >= 0.6 is 15.4 Å². The predicted octanol–water partition coefficient (Wildman–Crippen LogP) is -1.23. The second-order valence-electron chi connectivity index (χ2n) is 10.2. The zero-order chi connectivity index (χ0) is 32.7. The average Bonchev–Trinajstić information content (AvgIpc) is 3.72. The Bertz CT molecular complexity index is 2000. The number of aliphatic hydroxyl groups is 1. The van der Waals surface area contributed by atoms with E-state index in [-0.39, 0.29) is 34.1 Å². The lowest BCUT2D eigenvalue weighted by molar-refractivity contribution is -0.168. The topological polar surface area (TPSA) is 309 Å². The van der Waals surface area contributed by atoms with Gasteiger partial charge in [-0.3, -0.25) is 37.0 Å². The molecule has 4 aromatic rings. The fourth-order valence-corrected chi connectivity index (χ4v) is 7.20. The molecule has 46 heavy (non-hydrogen) atoms. The second-order valence-corrected chi connectivity index (χ2v) is 13.4. The number of hydrogen-bond acceptors (Lipinski definition) is 17. The Labute approximate surface area is 252 Å². The number of phosphoric acid groups is 1. The molecule has 8 N–H and O–H groups in total. The van der Waals surface area contributed by atoms with E-state index in [0.717, 1.165) is 21.8 Å². The minimum Gasteiger partial charge on any atom is -0.385 e. The Morgan fingerprint density at radius 3 is 2.43 bits per heavy atom. The number of nitrogens with two attached hydrogens (primary N) is 2. The molecule has 4 aromatic heterocycles. The molecule has 0 amide bonds. The number of nitrogen functional groups attached to an aromatic ring is 2. The number of H-pyrrole nitrogens is 1. The Balaban J connectivity index is 1.21. The summed E-state index contributed by atoms with van der Waals surface area (Å²) in [6.07, 6.45) is -15.2. The minimum absolute atomic E-state index is 0.109. The number of nitrogens with one attached hydrogen (secondary N) is 1. The van der Waals surface area contributed by atoms with Crippen molar-refractivity contribution >= 4 is 49.5 Å². The highest BCUT2D eigenvalue weighted by atomic mass is 31.2. The number of rotatable bonds is 2. The van der Waals surface area contributed by atoms with Crippen LogP contribution in [-0.2, 0) is 36.9 Å². The fraction of sp³-hybridized carbons (Fsp3) is 0.500. The molecular weight excluding hydrogens is 672 g/mol. The lowest BCUT2D eigenvalue weighted by atomic mass is 10.1. The van der Waals surface area contributed by atoms with E-state index in [4.69, 9.17) is 39.2 Å². The Morgan fingerprint density at radius 1 is 0.978 bits per heavy atom. The van der Waals surface area contributed by atoms with Crippen LogP contribution in [0.15, 0.2) is 17.4 Å². The van der Waals surface area contributed by atoms with Crippen LogP contribution in [0.5, 0.6) is 0 Å². The van der Waals surface area contributed by atoms with Gasteiger partial charge in [0.2, 0.25) is 5.95 Å². The second kappa shape index (κ2) is 11.0. The van der Waals surface area contributed by atoms with Gasteiger partial charge in [-0.05, 0) is 0 Å². The van der Waals surface area contributed by atoms with Crippen molar-refractivity contribution in [1.82, 2.24) is 39.0 Å². The Hall–Kier alpha value is -3.54. The van der Waals surface area contributed by atoms with Crippen LogP contribution in [0.1, 0.15) is 12.5 Å². The van der Waals surface area contributed by atoms with Crippen molar-refractivity contribution in [3.8, 4) is 0 Å². The van der Waals surface area contributed by atoms with E-state index in [2.05, 4.69) is 29.9 Å². The molecule has 22 nitrogen and oxygen atoms in total. The highest BCUT2D eigenvalue weighted by Gasteiger charge is 2.54. The first kappa shape index (κ1) is 31.1. The predicted molar refractivity (Wildman–Crippen MR) is 142 cm³/mol. The van der Waals surface area contributed by atoms with E-state index in [1.165, 1.54) is 0 Å². The molecule has 3 aliphatic heterocycles. The lowest BCUT2D eigenvalue weighted by Crippen LogP contribution is -2.35. The number of aromatic amines is 1. The maximum Gasteiger partial charge on any atom is 0.472 e. The number of halogens is 2. The molecule has 7 heterocycles. The summed E-state index contributed by atoms with van der Waals surface area (Å²) in [4.78, 5) is 54.4. The maximum absolute atomic E-state index is 15.9. The molecule has 26 heteroatoms. The molecule has 0 aromatic carbocycles. The first-order valence-corrected chi connectivity index (χ1v) is 16.3.